The molecule has 0 bridgehead atoms. The van der Waals surface area contributed by atoms with E-state index < -0.39 is 6.10 Å². The van der Waals surface area contributed by atoms with Crippen molar-refractivity contribution in [2.24, 2.45) is 0 Å². The molecule has 1 fully saturated rings. The SMILES string of the molecule is C=CC[C@@H]1OC(=O)CC[C@@H]1O. The smallest absolute Gasteiger partial charge is 0.306 e. The molecule has 3 nitrogen and oxygen atoms in total. The van der Waals surface area contributed by atoms with E-state index in [9.17, 15) is 9.90 Å². The summed E-state index contributed by atoms with van der Waals surface area (Å²) in [5, 5.41) is 9.29. The Morgan fingerprint density at radius 1 is 1.82 bits per heavy atom. The van der Waals surface area contributed by atoms with Crippen LogP contribution in [0.4, 0.5) is 0 Å². The summed E-state index contributed by atoms with van der Waals surface area (Å²) in [7, 11) is 0. The first-order valence-electron chi connectivity index (χ1n) is 3.72. The van der Waals surface area contributed by atoms with Gasteiger partial charge in [0.05, 0.1) is 6.10 Å². The topological polar surface area (TPSA) is 46.5 Å². The zero-order valence-corrected chi connectivity index (χ0v) is 6.32. The van der Waals surface area contributed by atoms with Crippen molar-refractivity contribution in [3.05, 3.63) is 12.7 Å². The predicted molar refractivity (Wildman–Crippen MR) is 39.9 cm³/mol. The Balaban J connectivity index is 2.46. The monoisotopic (exact) mass is 156 g/mol. The molecule has 0 aromatic rings. The number of cyclic esters (lactones) is 1. The number of carbonyl (C=O) groups excluding carboxylic acids is 1. The van der Waals surface area contributed by atoms with Gasteiger partial charge in [0.15, 0.2) is 0 Å². The van der Waals surface area contributed by atoms with Gasteiger partial charge in [0.2, 0.25) is 0 Å². The number of aliphatic hydroxyl groups is 1. The third-order valence-corrected chi connectivity index (χ3v) is 1.76. The molecule has 0 radical (unpaired) electrons. The van der Waals surface area contributed by atoms with Crippen molar-refractivity contribution in [3.8, 4) is 0 Å². The van der Waals surface area contributed by atoms with Crippen LogP contribution >= 0.6 is 0 Å². The van der Waals surface area contributed by atoms with E-state index in [4.69, 9.17) is 4.74 Å². The number of rotatable bonds is 2. The first-order chi connectivity index (χ1) is 5.24. The summed E-state index contributed by atoms with van der Waals surface area (Å²) in [5.74, 6) is -0.220. The maximum absolute atomic E-state index is 10.7. The van der Waals surface area contributed by atoms with E-state index in [0.29, 0.717) is 19.3 Å². The van der Waals surface area contributed by atoms with Crippen LogP contribution in [-0.2, 0) is 9.53 Å². The summed E-state index contributed by atoms with van der Waals surface area (Å²) in [6, 6.07) is 0. The van der Waals surface area contributed by atoms with E-state index in [1.54, 1.807) is 6.08 Å². The fourth-order valence-corrected chi connectivity index (χ4v) is 1.13. The van der Waals surface area contributed by atoms with Crippen molar-refractivity contribution in [2.45, 2.75) is 31.5 Å². The molecule has 1 rings (SSSR count). The predicted octanol–water partition coefficient (Wildman–Crippen LogP) is 0.629. The quantitative estimate of drug-likeness (QED) is 0.471. The lowest BCUT2D eigenvalue weighted by atomic mass is 10.0. The highest BCUT2D eigenvalue weighted by Crippen LogP contribution is 2.17. The zero-order valence-electron chi connectivity index (χ0n) is 6.32. The molecular formula is C8H12O3. The van der Waals surface area contributed by atoms with Crippen molar-refractivity contribution < 1.29 is 14.6 Å². The third kappa shape index (κ3) is 2.05. The highest BCUT2D eigenvalue weighted by Gasteiger charge is 2.27. The summed E-state index contributed by atoms with van der Waals surface area (Å²) in [5.41, 5.74) is 0. The Labute approximate surface area is 65.7 Å². The first-order valence-corrected chi connectivity index (χ1v) is 3.72. The van der Waals surface area contributed by atoms with Crippen LogP contribution in [0, 0.1) is 0 Å². The molecule has 2 atom stereocenters. The number of hydrogen-bond donors (Lipinski definition) is 1. The molecule has 1 N–H and O–H groups in total. The molecule has 0 spiro atoms. The van der Waals surface area contributed by atoms with E-state index in [1.807, 2.05) is 0 Å². The van der Waals surface area contributed by atoms with Gasteiger partial charge in [-0.15, -0.1) is 6.58 Å². The number of ether oxygens (including phenoxy) is 1. The minimum atomic E-state index is -0.509. The van der Waals surface area contributed by atoms with Crippen molar-refractivity contribution in [3.63, 3.8) is 0 Å². The molecule has 0 saturated carbocycles. The summed E-state index contributed by atoms with van der Waals surface area (Å²) < 4.78 is 4.88. The number of hydrogen-bond acceptors (Lipinski definition) is 3. The third-order valence-electron chi connectivity index (χ3n) is 1.76. The molecule has 3 heteroatoms. The van der Waals surface area contributed by atoms with Gasteiger partial charge in [0.25, 0.3) is 0 Å². The second-order valence-electron chi connectivity index (χ2n) is 2.66. The number of carbonyl (C=O) groups is 1. The Morgan fingerprint density at radius 3 is 3.18 bits per heavy atom. The molecule has 11 heavy (non-hydrogen) atoms. The average Bonchev–Trinajstić information content (AvgIpc) is 1.98. The van der Waals surface area contributed by atoms with Crippen molar-refractivity contribution in [2.75, 3.05) is 0 Å². The lowest BCUT2D eigenvalue weighted by Crippen LogP contribution is -2.36. The van der Waals surface area contributed by atoms with Gasteiger partial charge in [0, 0.05) is 12.8 Å². The van der Waals surface area contributed by atoms with Crippen LogP contribution in [0.1, 0.15) is 19.3 Å². The van der Waals surface area contributed by atoms with Gasteiger partial charge in [-0.05, 0) is 6.42 Å². The van der Waals surface area contributed by atoms with Crippen molar-refractivity contribution >= 4 is 5.97 Å². The minimum Gasteiger partial charge on any atom is -0.459 e. The van der Waals surface area contributed by atoms with E-state index in [0.717, 1.165) is 0 Å². The van der Waals surface area contributed by atoms with Gasteiger partial charge in [-0.25, -0.2) is 0 Å². The summed E-state index contributed by atoms with van der Waals surface area (Å²) in [6.07, 6.45) is 2.14. The summed E-state index contributed by atoms with van der Waals surface area (Å²) >= 11 is 0. The first kappa shape index (κ1) is 8.27. The highest BCUT2D eigenvalue weighted by molar-refractivity contribution is 5.70. The Hall–Kier alpha value is -0.830. The van der Waals surface area contributed by atoms with Crippen molar-refractivity contribution in [1.29, 1.82) is 0 Å². The molecule has 0 aromatic carbocycles. The van der Waals surface area contributed by atoms with Gasteiger partial charge in [-0.1, -0.05) is 6.08 Å². The molecule has 0 aromatic heterocycles. The average molecular weight is 156 g/mol. The van der Waals surface area contributed by atoms with E-state index in [-0.39, 0.29) is 12.1 Å². The maximum atomic E-state index is 10.7. The van der Waals surface area contributed by atoms with Crippen LogP contribution in [0.2, 0.25) is 0 Å². The maximum Gasteiger partial charge on any atom is 0.306 e. The molecule has 0 aliphatic carbocycles. The van der Waals surface area contributed by atoms with Crippen LogP contribution in [0.25, 0.3) is 0 Å². The van der Waals surface area contributed by atoms with Crippen LogP contribution in [-0.4, -0.2) is 23.3 Å². The molecule has 1 aliphatic rings. The highest BCUT2D eigenvalue weighted by atomic mass is 16.6. The van der Waals surface area contributed by atoms with Gasteiger partial charge >= 0.3 is 5.97 Å². The second kappa shape index (κ2) is 3.53. The molecule has 0 amide bonds. The van der Waals surface area contributed by atoms with E-state index >= 15 is 0 Å². The van der Waals surface area contributed by atoms with Gasteiger partial charge in [0.1, 0.15) is 6.10 Å². The Morgan fingerprint density at radius 2 is 2.55 bits per heavy atom. The lowest BCUT2D eigenvalue weighted by Gasteiger charge is -2.26. The van der Waals surface area contributed by atoms with Crippen LogP contribution in [0.5, 0.6) is 0 Å². The van der Waals surface area contributed by atoms with Crippen LogP contribution in [0.3, 0.4) is 0 Å². The Bertz CT molecular complexity index is 165. The number of esters is 1. The van der Waals surface area contributed by atoms with Crippen LogP contribution in [0.15, 0.2) is 12.7 Å². The molecule has 62 valence electrons. The standard InChI is InChI=1S/C8H12O3/c1-2-3-7-6(9)4-5-8(10)11-7/h2,6-7,9H,1,3-5H2/t6-,7-/m0/s1. The summed E-state index contributed by atoms with van der Waals surface area (Å²) in [6.45, 7) is 3.51. The molecule has 0 unspecified atom stereocenters. The van der Waals surface area contributed by atoms with Crippen LogP contribution < -0.4 is 0 Å². The van der Waals surface area contributed by atoms with Gasteiger partial charge < -0.3 is 9.84 Å². The molecule has 1 saturated heterocycles. The lowest BCUT2D eigenvalue weighted by molar-refractivity contribution is -0.163. The minimum absolute atomic E-state index is 0.220. The van der Waals surface area contributed by atoms with E-state index in [2.05, 4.69) is 6.58 Å². The summed E-state index contributed by atoms with van der Waals surface area (Å²) in [4.78, 5) is 10.7. The largest absolute Gasteiger partial charge is 0.459 e. The fourth-order valence-electron chi connectivity index (χ4n) is 1.13. The Kier molecular flexibility index (Phi) is 2.65. The zero-order chi connectivity index (χ0) is 8.27. The van der Waals surface area contributed by atoms with Gasteiger partial charge in [-0.2, -0.15) is 0 Å². The van der Waals surface area contributed by atoms with E-state index in [1.165, 1.54) is 0 Å². The van der Waals surface area contributed by atoms with Crippen molar-refractivity contribution in [1.82, 2.24) is 0 Å². The molecular weight excluding hydrogens is 144 g/mol. The number of aliphatic hydroxyl groups excluding tert-OH is 1. The molecule has 1 aliphatic heterocycles. The molecule has 1 heterocycles. The fraction of sp³-hybridized carbons (Fsp3) is 0.625. The second-order valence-corrected chi connectivity index (χ2v) is 2.66. The van der Waals surface area contributed by atoms with Gasteiger partial charge in [-0.3, -0.25) is 4.79 Å². The normalized spacial score (nSPS) is 31.2.